The number of fused-ring (bicyclic) bond motifs is 1. The summed E-state index contributed by atoms with van der Waals surface area (Å²) in [7, 11) is 3.22. The van der Waals surface area contributed by atoms with E-state index in [9.17, 15) is 4.79 Å². The second kappa shape index (κ2) is 9.95. The number of carbonyl (C=O) groups is 1. The minimum Gasteiger partial charge on any atom is -0.493 e. The maximum absolute atomic E-state index is 11.7. The fourth-order valence-corrected chi connectivity index (χ4v) is 4.17. The molecule has 0 saturated carbocycles. The molecular formula is C28H25N3O5. The monoisotopic (exact) mass is 483 g/mol. The lowest BCUT2D eigenvalue weighted by atomic mass is 10.1. The lowest BCUT2D eigenvalue weighted by Gasteiger charge is -2.14. The Morgan fingerprint density at radius 1 is 0.972 bits per heavy atom. The van der Waals surface area contributed by atoms with Crippen molar-refractivity contribution in [2.45, 2.75) is 19.9 Å². The number of nitrogens with zero attached hydrogens (tertiary/aromatic N) is 3. The number of carbonyl (C=O) groups excluding carboxylic acids is 1. The molecule has 0 fully saturated rings. The van der Waals surface area contributed by atoms with Gasteiger partial charge in [0.2, 0.25) is 0 Å². The van der Waals surface area contributed by atoms with Crippen molar-refractivity contribution in [3.8, 4) is 28.6 Å². The molecule has 0 aliphatic heterocycles. The first-order valence-electron chi connectivity index (χ1n) is 11.4. The van der Waals surface area contributed by atoms with Crippen LogP contribution in [-0.4, -0.2) is 34.7 Å². The van der Waals surface area contributed by atoms with E-state index in [1.807, 2.05) is 54.6 Å². The number of pyridine rings is 1. The Balaban J connectivity index is 1.62. The summed E-state index contributed by atoms with van der Waals surface area (Å²) in [6, 6.07) is 19.0. The number of imidazole rings is 1. The molecule has 0 atom stereocenters. The van der Waals surface area contributed by atoms with E-state index in [0.29, 0.717) is 35.9 Å². The average Bonchev–Trinajstić information content (AvgIpc) is 3.53. The maximum Gasteiger partial charge on any atom is 0.308 e. The van der Waals surface area contributed by atoms with Crippen molar-refractivity contribution in [2.75, 3.05) is 14.2 Å². The van der Waals surface area contributed by atoms with Crippen molar-refractivity contribution < 1.29 is 23.4 Å². The molecule has 0 aliphatic rings. The van der Waals surface area contributed by atoms with Crippen LogP contribution in [0.25, 0.3) is 22.5 Å². The van der Waals surface area contributed by atoms with Crippen LogP contribution >= 0.6 is 0 Å². The van der Waals surface area contributed by atoms with Crippen molar-refractivity contribution >= 4 is 17.1 Å². The molecule has 5 aromatic rings. The summed E-state index contributed by atoms with van der Waals surface area (Å²) < 4.78 is 24.0. The summed E-state index contributed by atoms with van der Waals surface area (Å²) in [6.07, 6.45) is 3.92. The maximum atomic E-state index is 11.7. The second-order valence-electron chi connectivity index (χ2n) is 8.23. The molecule has 3 heterocycles. The molecule has 0 amide bonds. The Labute approximate surface area is 208 Å². The first kappa shape index (κ1) is 23.2. The molecule has 0 saturated heterocycles. The highest BCUT2D eigenvalue weighted by atomic mass is 16.5. The molecule has 8 heteroatoms. The fourth-order valence-electron chi connectivity index (χ4n) is 4.17. The van der Waals surface area contributed by atoms with Gasteiger partial charge in [0.15, 0.2) is 17.1 Å². The molecule has 0 radical (unpaired) electrons. The Kier molecular flexibility index (Phi) is 6.40. The van der Waals surface area contributed by atoms with Crippen LogP contribution in [0.2, 0.25) is 0 Å². The molecule has 8 nitrogen and oxygen atoms in total. The first-order chi connectivity index (χ1) is 17.6. The van der Waals surface area contributed by atoms with E-state index in [1.165, 1.54) is 6.92 Å². The summed E-state index contributed by atoms with van der Waals surface area (Å²) in [5.74, 6) is 2.98. The van der Waals surface area contributed by atoms with Crippen molar-refractivity contribution in [3.05, 3.63) is 90.1 Å². The molecule has 182 valence electrons. The molecule has 0 unspecified atom stereocenters. The lowest BCUT2D eigenvalue weighted by Crippen LogP contribution is -2.09. The van der Waals surface area contributed by atoms with E-state index in [4.69, 9.17) is 23.6 Å². The van der Waals surface area contributed by atoms with Gasteiger partial charge >= 0.3 is 5.97 Å². The van der Waals surface area contributed by atoms with Crippen molar-refractivity contribution in [1.29, 1.82) is 0 Å². The smallest absolute Gasteiger partial charge is 0.308 e. The number of esters is 1. The topological polar surface area (TPSA) is 88.6 Å². The second-order valence-corrected chi connectivity index (χ2v) is 8.23. The van der Waals surface area contributed by atoms with Gasteiger partial charge in [-0.15, -0.1) is 0 Å². The van der Waals surface area contributed by atoms with Crippen LogP contribution in [0.1, 0.15) is 23.9 Å². The van der Waals surface area contributed by atoms with E-state index < -0.39 is 0 Å². The molecule has 3 aromatic heterocycles. The standard InChI is InChI=1S/C28H25N3O5/c1-18(32)36-24-8-5-4-7-20(24)17-31-22-15-21(23-9-6-12-35-23)16-29-28(22)30-27(31)14-19-10-11-25(33-2)26(13-19)34-3/h4-13,15-16H,14,17H2,1-3H3. The van der Waals surface area contributed by atoms with Crippen LogP contribution in [0.3, 0.4) is 0 Å². The number of rotatable bonds is 8. The van der Waals surface area contributed by atoms with Crippen LogP contribution in [0.5, 0.6) is 17.2 Å². The highest BCUT2D eigenvalue weighted by Crippen LogP contribution is 2.31. The predicted octanol–water partition coefficient (Wildman–Crippen LogP) is 5.27. The van der Waals surface area contributed by atoms with Gasteiger partial charge in [0.25, 0.3) is 0 Å². The number of hydrogen-bond donors (Lipinski definition) is 0. The Hall–Kier alpha value is -4.59. The highest BCUT2D eigenvalue weighted by molar-refractivity contribution is 5.78. The molecule has 0 aliphatic carbocycles. The number of furan rings is 1. The number of ether oxygens (including phenoxy) is 3. The largest absolute Gasteiger partial charge is 0.493 e. The van der Waals surface area contributed by atoms with E-state index in [1.54, 1.807) is 32.7 Å². The molecule has 0 N–H and O–H groups in total. The van der Waals surface area contributed by atoms with Gasteiger partial charge in [0.05, 0.1) is 32.5 Å². The van der Waals surface area contributed by atoms with E-state index in [2.05, 4.69) is 9.55 Å². The zero-order valence-electron chi connectivity index (χ0n) is 20.2. The molecule has 36 heavy (non-hydrogen) atoms. The van der Waals surface area contributed by atoms with Crippen molar-refractivity contribution in [2.24, 2.45) is 0 Å². The van der Waals surface area contributed by atoms with Crippen molar-refractivity contribution in [3.63, 3.8) is 0 Å². The van der Waals surface area contributed by atoms with Crippen LogP contribution < -0.4 is 14.2 Å². The van der Waals surface area contributed by atoms with Gasteiger partial charge in [-0.25, -0.2) is 9.97 Å². The Bertz CT molecular complexity index is 1520. The summed E-state index contributed by atoms with van der Waals surface area (Å²) in [5.41, 5.74) is 4.16. The number of benzene rings is 2. The predicted molar refractivity (Wildman–Crippen MR) is 134 cm³/mol. The number of methoxy groups -OCH3 is 2. The fraction of sp³-hybridized carbons (Fsp3) is 0.179. The van der Waals surface area contributed by atoms with Crippen LogP contribution in [0, 0.1) is 0 Å². The zero-order valence-corrected chi connectivity index (χ0v) is 20.2. The van der Waals surface area contributed by atoms with Gasteiger partial charge in [0.1, 0.15) is 17.3 Å². The average molecular weight is 484 g/mol. The molecule has 0 bridgehead atoms. The summed E-state index contributed by atoms with van der Waals surface area (Å²) in [4.78, 5) is 21.2. The number of para-hydroxylation sites is 1. The van der Waals surface area contributed by atoms with Crippen LogP contribution in [0.4, 0.5) is 0 Å². The zero-order chi connectivity index (χ0) is 25.1. The normalized spacial score (nSPS) is 11.0. The van der Waals surface area contributed by atoms with Gasteiger partial charge in [-0.2, -0.15) is 0 Å². The van der Waals surface area contributed by atoms with E-state index >= 15 is 0 Å². The van der Waals surface area contributed by atoms with Crippen LogP contribution in [0.15, 0.2) is 77.5 Å². The minimum absolute atomic E-state index is 0.370. The Morgan fingerprint density at radius 2 is 1.81 bits per heavy atom. The third-order valence-electron chi connectivity index (χ3n) is 5.86. The molecular weight excluding hydrogens is 458 g/mol. The summed E-state index contributed by atoms with van der Waals surface area (Å²) in [5, 5.41) is 0. The van der Waals surface area contributed by atoms with Crippen LogP contribution in [-0.2, 0) is 17.8 Å². The molecule has 5 rings (SSSR count). The van der Waals surface area contributed by atoms with Gasteiger partial charge < -0.3 is 23.2 Å². The third-order valence-corrected chi connectivity index (χ3v) is 5.86. The van der Waals surface area contributed by atoms with Crippen molar-refractivity contribution in [1.82, 2.24) is 14.5 Å². The van der Waals surface area contributed by atoms with E-state index in [-0.39, 0.29) is 5.97 Å². The number of aromatic nitrogens is 3. The highest BCUT2D eigenvalue weighted by Gasteiger charge is 2.17. The van der Waals surface area contributed by atoms with Gasteiger partial charge in [-0.05, 0) is 42.0 Å². The summed E-state index contributed by atoms with van der Waals surface area (Å²) in [6.45, 7) is 1.83. The van der Waals surface area contributed by atoms with Gasteiger partial charge in [0, 0.05) is 30.7 Å². The molecule has 2 aromatic carbocycles. The minimum atomic E-state index is -0.370. The summed E-state index contributed by atoms with van der Waals surface area (Å²) >= 11 is 0. The number of hydrogen-bond acceptors (Lipinski definition) is 7. The van der Waals surface area contributed by atoms with Gasteiger partial charge in [-0.3, -0.25) is 4.79 Å². The lowest BCUT2D eigenvalue weighted by molar-refractivity contribution is -0.131. The van der Waals surface area contributed by atoms with Gasteiger partial charge in [-0.1, -0.05) is 24.3 Å². The first-order valence-corrected chi connectivity index (χ1v) is 11.4. The quantitative estimate of drug-likeness (QED) is 0.219. The molecule has 0 spiro atoms. The Morgan fingerprint density at radius 3 is 2.56 bits per heavy atom. The SMILES string of the molecule is COc1ccc(Cc2nc3ncc(-c4ccco4)cc3n2Cc2ccccc2OC(C)=O)cc1OC. The van der Waals surface area contributed by atoms with E-state index in [0.717, 1.165) is 33.8 Å². The third kappa shape index (κ3) is 4.65.